The van der Waals surface area contributed by atoms with Crippen LogP contribution in [0.25, 0.3) is 0 Å². The minimum atomic E-state index is -0.590. The summed E-state index contributed by atoms with van der Waals surface area (Å²) in [5.41, 5.74) is 3.07. The number of carbonyl (C=O) groups is 1. The van der Waals surface area contributed by atoms with Crippen molar-refractivity contribution in [3.63, 3.8) is 0 Å². The van der Waals surface area contributed by atoms with Gasteiger partial charge in [0.15, 0.2) is 5.78 Å². The van der Waals surface area contributed by atoms with E-state index >= 15 is 0 Å². The zero-order valence-electron chi connectivity index (χ0n) is 15.0. The number of ether oxygens (including phenoxy) is 1. The van der Waals surface area contributed by atoms with E-state index in [0.29, 0.717) is 30.3 Å². The number of quaternary nitrogens is 1. The molecule has 0 aromatic heterocycles. The van der Waals surface area contributed by atoms with Gasteiger partial charge in [0.1, 0.15) is 25.0 Å². The fraction of sp³-hybridized carbons (Fsp3) is 0.350. The molecule has 0 radical (unpaired) electrons. The molecular formula is C20H25Cl2NO3. The molecule has 0 saturated carbocycles. The van der Waals surface area contributed by atoms with Crippen LogP contribution >= 0.6 is 11.6 Å². The van der Waals surface area contributed by atoms with Crippen LogP contribution < -0.4 is 22.5 Å². The highest BCUT2D eigenvalue weighted by Gasteiger charge is 2.10. The molecule has 0 bridgehead atoms. The molecule has 2 rings (SSSR count). The number of aliphatic hydroxyl groups excluding tert-OH is 1. The smallest absolute Gasteiger partial charge is 0.168 e. The van der Waals surface area contributed by atoms with E-state index in [1.165, 1.54) is 5.56 Å². The molecule has 142 valence electrons. The summed E-state index contributed by atoms with van der Waals surface area (Å²) >= 11 is 5.81. The number of hydrogen-bond donors (Lipinski definition) is 2. The summed E-state index contributed by atoms with van der Waals surface area (Å²) in [6.07, 6.45) is -0.139. The van der Waals surface area contributed by atoms with Gasteiger partial charge in [-0.05, 0) is 55.3 Å². The Morgan fingerprint density at radius 1 is 1.15 bits per heavy atom. The summed E-state index contributed by atoms with van der Waals surface area (Å²) in [6.45, 7) is 5.39. The second-order valence-electron chi connectivity index (χ2n) is 6.20. The number of rotatable bonds is 9. The monoisotopic (exact) mass is 397 g/mol. The van der Waals surface area contributed by atoms with E-state index in [4.69, 9.17) is 16.3 Å². The molecule has 0 spiro atoms. The standard InChI is InChI=1S/C20H24ClNO3.ClH/c1-14-3-4-16(11-15(14)2)20(24)9-10-22-12-18(23)13-25-19-7-5-17(21)6-8-19;/h3-8,11,18,22-23H,9-10,12-13H2,1-2H3;1H. The van der Waals surface area contributed by atoms with Crippen LogP contribution in [0.1, 0.15) is 27.9 Å². The van der Waals surface area contributed by atoms with Gasteiger partial charge < -0.3 is 27.6 Å². The number of aliphatic hydroxyl groups is 1. The van der Waals surface area contributed by atoms with E-state index in [9.17, 15) is 9.90 Å². The maximum atomic E-state index is 12.2. The molecule has 0 fully saturated rings. The molecule has 2 aromatic rings. The minimum absolute atomic E-state index is 0. The average molecular weight is 398 g/mol. The van der Waals surface area contributed by atoms with Gasteiger partial charge in [0, 0.05) is 10.6 Å². The highest BCUT2D eigenvalue weighted by atomic mass is 35.5. The fourth-order valence-electron chi connectivity index (χ4n) is 2.39. The van der Waals surface area contributed by atoms with Gasteiger partial charge in [0.2, 0.25) is 0 Å². The molecular weight excluding hydrogens is 373 g/mol. The predicted molar refractivity (Wildman–Crippen MR) is 99.5 cm³/mol. The first-order chi connectivity index (χ1) is 12.0. The van der Waals surface area contributed by atoms with Crippen molar-refractivity contribution in [1.82, 2.24) is 0 Å². The molecule has 4 nitrogen and oxygen atoms in total. The third-order valence-corrected chi connectivity index (χ3v) is 4.35. The number of aryl methyl sites for hydroxylation is 2. The van der Waals surface area contributed by atoms with Crippen molar-refractivity contribution in [2.24, 2.45) is 0 Å². The van der Waals surface area contributed by atoms with Crippen molar-refractivity contribution in [2.45, 2.75) is 26.4 Å². The number of carbonyl (C=O) groups excluding carboxylic acids is 1. The van der Waals surface area contributed by atoms with Crippen molar-refractivity contribution < 1.29 is 32.4 Å². The van der Waals surface area contributed by atoms with Crippen LogP contribution in [0.2, 0.25) is 5.02 Å². The van der Waals surface area contributed by atoms with E-state index in [1.807, 2.05) is 37.4 Å². The number of nitrogens with two attached hydrogens (primary N) is 1. The highest BCUT2D eigenvalue weighted by Crippen LogP contribution is 2.15. The molecule has 0 aliphatic rings. The molecule has 1 atom stereocenters. The number of halogens is 2. The van der Waals surface area contributed by atoms with Crippen molar-refractivity contribution in [3.05, 3.63) is 64.2 Å². The second-order valence-corrected chi connectivity index (χ2v) is 6.64. The van der Waals surface area contributed by atoms with Crippen LogP contribution in [-0.4, -0.2) is 36.7 Å². The number of hydrogen-bond acceptors (Lipinski definition) is 3. The normalized spacial score (nSPS) is 11.5. The Balaban J connectivity index is 0.00000338. The number of benzene rings is 2. The minimum Gasteiger partial charge on any atom is -1.00 e. The summed E-state index contributed by atoms with van der Waals surface area (Å²) in [5, 5.41) is 12.5. The Kier molecular flexibility index (Phi) is 9.66. The van der Waals surface area contributed by atoms with Gasteiger partial charge >= 0.3 is 0 Å². The molecule has 2 aromatic carbocycles. The van der Waals surface area contributed by atoms with E-state index in [2.05, 4.69) is 0 Å². The van der Waals surface area contributed by atoms with Gasteiger partial charge in [-0.15, -0.1) is 0 Å². The third-order valence-electron chi connectivity index (χ3n) is 4.10. The first-order valence-corrected chi connectivity index (χ1v) is 8.82. The van der Waals surface area contributed by atoms with Crippen molar-refractivity contribution in [1.29, 1.82) is 0 Å². The SMILES string of the molecule is Cc1ccc(C(=O)CC[NH2+]CC(O)COc2ccc(Cl)cc2)cc1C.[Cl-]. The van der Waals surface area contributed by atoms with Crippen LogP contribution in [0.4, 0.5) is 0 Å². The zero-order valence-corrected chi connectivity index (χ0v) is 16.6. The largest absolute Gasteiger partial charge is 1.00 e. The lowest BCUT2D eigenvalue weighted by molar-refractivity contribution is -0.659. The summed E-state index contributed by atoms with van der Waals surface area (Å²) < 4.78 is 5.50. The maximum absolute atomic E-state index is 12.2. The van der Waals surface area contributed by atoms with Gasteiger partial charge in [-0.1, -0.05) is 23.7 Å². The fourth-order valence-corrected chi connectivity index (χ4v) is 2.52. The van der Waals surface area contributed by atoms with Crippen LogP contribution in [0.5, 0.6) is 5.75 Å². The average Bonchev–Trinajstić information content (AvgIpc) is 2.60. The summed E-state index contributed by atoms with van der Waals surface area (Å²) in [6, 6.07) is 12.8. The Hall–Kier alpha value is -1.59. The lowest BCUT2D eigenvalue weighted by Gasteiger charge is -2.11. The number of Topliss-reactive ketones (excluding diaryl/α,β-unsaturated/α-hetero) is 1. The summed E-state index contributed by atoms with van der Waals surface area (Å²) in [7, 11) is 0. The van der Waals surface area contributed by atoms with Gasteiger partial charge in [-0.3, -0.25) is 4.79 Å². The van der Waals surface area contributed by atoms with E-state index in [1.54, 1.807) is 24.3 Å². The topological polar surface area (TPSA) is 63.1 Å². The molecule has 1 unspecified atom stereocenters. The Bertz CT molecular complexity index is 705. The first-order valence-electron chi connectivity index (χ1n) is 8.44. The molecule has 0 saturated heterocycles. The van der Waals surface area contributed by atoms with Crippen LogP contribution in [-0.2, 0) is 0 Å². The molecule has 0 heterocycles. The van der Waals surface area contributed by atoms with Gasteiger partial charge in [0.25, 0.3) is 0 Å². The Morgan fingerprint density at radius 3 is 2.50 bits per heavy atom. The van der Waals surface area contributed by atoms with Gasteiger partial charge in [-0.25, -0.2) is 0 Å². The van der Waals surface area contributed by atoms with Crippen molar-refractivity contribution in [3.8, 4) is 5.75 Å². The van der Waals surface area contributed by atoms with Gasteiger partial charge in [-0.2, -0.15) is 0 Å². The number of ketones is 1. The molecule has 3 N–H and O–H groups in total. The lowest BCUT2D eigenvalue weighted by atomic mass is 10.0. The highest BCUT2D eigenvalue weighted by molar-refractivity contribution is 6.30. The second kappa shape index (κ2) is 11.2. The van der Waals surface area contributed by atoms with Crippen LogP contribution in [0.3, 0.4) is 0 Å². The van der Waals surface area contributed by atoms with Crippen molar-refractivity contribution >= 4 is 17.4 Å². The molecule has 6 heteroatoms. The summed E-state index contributed by atoms with van der Waals surface area (Å²) in [5.74, 6) is 0.805. The van der Waals surface area contributed by atoms with E-state index < -0.39 is 6.10 Å². The van der Waals surface area contributed by atoms with E-state index in [0.717, 1.165) is 11.1 Å². The maximum Gasteiger partial charge on any atom is 0.168 e. The zero-order chi connectivity index (χ0) is 18.2. The first kappa shape index (κ1) is 22.5. The molecule has 0 aliphatic heterocycles. The van der Waals surface area contributed by atoms with Gasteiger partial charge in [0.05, 0.1) is 13.0 Å². The van der Waals surface area contributed by atoms with Crippen molar-refractivity contribution in [2.75, 3.05) is 19.7 Å². The Labute approximate surface area is 165 Å². The summed E-state index contributed by atoms with van der Waals surface area (Å²) in [4.78, 5) is 12.2. The predicted octanol–water partition coefficient (Wildman–Crippen LogP) is -0.463. The third kappa shape index (κ3) is 7.34. The molecule has 0 aliphatic carbocycles. The van der Waals surface area contributed by atoms with Crippen LogP contribution in [0, 0.1) is 13.8 Å². The quantitative estimate of drug-likeness (QED) is 0.444. The van der Waals surface area contributed by atoms with Crippen LogP contribution in [0.15, 0.2) is 42.5 Å². The molecule has 0 amide bonds. The Morgan fingerprint density at radius 2 is 1.85 bits per heavy atom. The lowest BCUT2D eigenvalue weighted by Crippen LogP contribution is -3.00. The molecule has 26 heavy (non-hydrogen) atoms. The van der Waals surface area contributed by atoms with E-state index in [-0.39, 0.29) is 24.8 Å².